The van der Waals surface area contributed by atoms with Crippen LogP contribution in [0.1, 0.15) is 55.1 Å². The van der Waals surface area contributed by atoms with Crippen molar-refractivity contribution in [2.75, 3.05) is 64.7 Å². The van der Waals surface area contributed by atoms with E-state index in [0.29, 0.717) is 17.8 Å². The Morgan fingerprint density at radius 1 is 1.05 bits per heavy atom. The fourth-order valence-electron chi connectivity index (χ4n) is 5.80. The van der Waals surface area contributed by atoms with Gasteiger partial charge in [0, 0.05) is 37.9 Å². The number of carboxylic acid groups (broad SMARTS) is 1. The molecule has 0 saturated carbocycles. The summed E-state index contributed by atoms with van der Waals surface area (Å²) in [7, 11) is 0. The highest BCUT2D eigenvalue weighted by Crippen LogP contribution is 2.27. The molecule has 202 valence electrons. The fourth-order valence-corrected chi connectivity index (χ4v) is 5.80. The van der Waals surface area contributed by atoms with Crippen LogP contribution in [0, 0.1) is 5.92 Å². The van der Waals surface area contributed by atoms with E-state index < -0.39 is 5.97 Å². The number of nitrogen functional groups attached to an aromatic ring is 1. The summed E-state index contributed by atoms with van der Waals surface area (Å²) in [5.74, 6) is -0.482. The molecule has 0 atom stereocenters. The van der Waals surface area contributed by atoms with Crippen LogP contribution in [0.25, 0.3) is 11.3 Å². The number of nitrogens with two attached hydrogens (primary N) is 1. The molecule has 2 aromatic heterocycles. The molecule has 0 amide bonds. The number of likely N-dealkylation sites (tertiary alicyclic amines) is 2. The van der Waals surface area contributed by atoms with Gasteiger partial charge >= 0.3 is 5.97 Å². The van der Waals surface area contributed by atoms with Gasteiger partial charge in [0.1, 0.15) is 0 Å². The van der Waals surface area contributed by atoms with Crippen LogP contribution in [-0.2, 0) is 4.74 Å². The third-order valence-corrected chi connectivity index (χ3v) is 8.10. The van der Waals surface area contributed by atoms with E-state index in [0.717, 1.165) is 76.5 Å². The Balaban J connectivity index is 1.02. The average molecular weight is 513 g/mol. The summed E-state index contributed by atoms with van der Waals surface area (Å²) >= 11 is 0. The van der Waals surface area contributed by atoms with Crippen molar-refractivity contribution in [2.45, 2.75) is 50.7 Å². The Bertz CT molecular complexity index is 1020. The van der Waals surface area contributed by atoms with Gasteiger partial charge in [-0.05, 0) is 70.6 Å². The molecule has 0 bridgehead atoms. The quantitative estimate of drug-likeness (QED) is 0.456. The first-order valence-electron chi connectivity index (χ1n) is 13.7. The van der Waals surface area contributed by atoms with Crippen molar-refractivity contribution in [2.24, 2.45) is 5.92 Å². The molecule has 0 aromatic carbocycles. The maximum Gasteiger partial charge on any atom is 0.358 e. The number of ether oxygens (including phenoxy) is 1. The van der Waals surface area contributed by atoms with Gasteiger partial charge in [-0.2, -0.15) is 5.10 Å². The van der Waals surface area contributed by atoms with E-state index in [1.54, 1.807) is 6.20 Å². The predicted octanol–water partition coefficient (Wildman–Crippen LogP) is 1.74. The first kappa shape index (κ1) is 26.0. The van der Waals surface area contributed by atoms with Crippen LogP contribution in [0.3, 0.4) is 0 Å². The number of nitrogens with zero attached hydrogens (tertiary/aromatic N) is 6. The van der Waals surface area contributed by atoms with Crippen molar-refractivity contribution >= 4 is 11.8 Å². The van der Waals surface area contributed by atoms with E-state index >= 15 is 0 Å². The van der Waals surface area contributed by atoms with Gasteiger partial charge in [0.05, 0.1) is 36.8 Å². The summed E-state index contributed by atoms with van der Waals surface area (Å²) in [5.41, 5.74) is 6.63. The highest BCUT2D eigenvalue weighted by atomic mass is 16.5. The van der Waals surface area contributed by atoms with Gasteiger partial charge in [-0.3, -0.25) is 4.68 Å². The number of piperidine rings is 3. The molecule has 3 saturated heterocycles. The lowest BCUT2D eigenvalue weighted by Gasteiger charge is -2.37. The van der Waals surface area contributed by atoms with Gasteiger partial charge in [-0.1, -0.05) is 0 Å². The lowest BCUT2D eigenvalue weighted by Crippen LogP contribution is -2.42. The Hall–Kier alpha value is -2.60. The van der Waals surface area contributed by atoms with Gasteiger partial charge in [0.15, 0.2) is 11.5 Å². The summed E-state index contributed by atoms with van der Waals surface area (Å²) in [6.07, 6.45) is 12.6. The van der Waals surface area contributed by atoms with Gasteiger partial charge < -0.3 is 30.7 Å². The number of carbonyl (C=O) groups is 1. The van der Waals surface area contributed by atoms with Crippen LogP contribution < -0.4 is 11.1 Å². The molecule has 0 radical (unpaired) electrons. The highest BCUT2D eigenvalue weighted by molar-refractivity contribution is 5.90. The molecule has 11 nitrogen and oxygen atoms in total. The van der Waals surface area contributed by atoms with Gasteiger partial charge in [-0.15, -0.1) is 0 Å². The van der Waals surface area contributed by atoms with Gasteiger partial charge in [0.25, 0.3) is 0 Å². The Kier molecular flexibility index (Phi) is 8.65. The first-order chi connectivity index (χ1) is 18.0. The van der Waals surface area contributed by atoms with Crippen molar-refractivity contribution in [3.63, 3.8) is 0 Å². The third kappa shape index (κ3) is 6.84. The van der Waals surface area contributed by atoms with E-state index in [1.165, 1.54) is 38.7 Å². The lowest BCUT2D eigenvalue weighted by atomic mass is 9.94. The molecule has 3 aliphatic rings. The minimum atomic E-state index is -1.18. The minimum absolute atomic E-state index is 0.0803. The van der Waals surface area contributed by atoms with Crippen LogP contribution in [0.5, 0.6) is 0 Å². The molecular formula is C26H40N8O3. The number of aromatic nitrogens is 4. The first-order valence-corrected chi connectivity index (χ1v) is 13.7. The standard InChI is InChI=1S/C26H40N8O3/c27-25-24(26(35)36)31-23(16-29-25)20-15-30-34(18-20)21-5-11-33(12-6-21)17-19-3-9-32(10-4-19)13-14-37-22-1-7-28-8-2-22/h15-16,18-19,21-22,28H,1-14,17H2,(H2,27,29)(H,35,36). The largest absolute Gasteiger partial charge is 0.476 e. The van der Waals surface area contributed by atoms with Crippen molar-refractivity contribution in [1.82, 2.24) is 34.9 Å². The van der Waals surface area contributed by atoms with Crippen LogP contribution in [0.2, 0.25) is 0 Å². The lowest BCUT2D eigenvalue weighted by molar-refractivity contribution is 0.0142. The summed E-state index contributed by atoms with van der Waals surface area (Å²) in [4.78, 5) is 24.7. The van der Waals surface area contributed by atoms with E-state index in [2.05, 4.69) is 30.2 Å². The van der Waals surface area contributed by atoms with Gasteiger partial charge in [-0.25, -0.2) is 14.8 Å². The molecule has 0 unspecified atom stereocenters. The topological polar surface area (TPSA) is 135 Å². The van der Waals surface area contributed by atoms with Crippen LogP contribution in [0.4, 0.5) is 5.82 Å². The summed E-state index contributed by atoms with van der Waals surface area (Å²) in [5, 5.41) is 17.2. The Labute approximate surface area is 218 Å². The molecule has 4 N–H and O–H groups in total. The second kappa shape index (κ2) is 12.3. The molecule has 37 heavy (non-hydrogen) atoms. The molecule has 3 fully saturated rings. The number of aromatic carboxylic acids is 1. The van der Waals surface area contributed by atoms with Crippen LogP contribution in [0.15, 0.2) is 18.6 Å². The number of hydrogen-bond acceptors (Lipinski definition) is 9. The van der Waals surface area contributed by atoms with E-state index in [9.17, 15) is 9.90 Å². The zero-order valence-electron chi connectivity index (χ0n) is 21.6. The molecule has 0 spiro atoms. The van der Waals surface area contributed by atoms with E-state index in [4.69, 9.17) is 10.5 Å². The number of anilines is 1. The molecule has 5 heterocycles. The monoisotopic (exact) mass is 512 g/mol. The second-order valence-corrected chi connectivity index (χ2v) is 10.6. The Morgan fingerprint density at radius 3 is 2.51 bits per heavy atom. The van der Waals surface area contributed by atoms with Gasteiger partial charge in [0.2, 0.25) is 0 Å². The molecular weight excluding hydrogens is 472 g/mol. The number of nitrogens with one attached hydrogen (secondary N) is 1. The van der Waals surface area contributed by atoms with E-state index in [-0.39, 0.29) is 11.5 Å². The van der Waals surface area contributed by atoms with Crippen LogP contribution in [-0.4, -0.2) is 106 Å². The highest BCUT2D eigenvalue weighted by Gasteiger charge is 2.26. The maximum atomic E-state index is 11.3. The maximum absolute atomic E-state index is 11.3. The summed E-state index contributed by atoms with van der Waals surface area (Å²) in [6.45, 7) is 9.82. The average Bonchev–Trinajstić information content (AvgIpc) is 3.41. The summed E-state index contributed by atoms with van der Waals surface area (Å²) in [6, 6.07) is 0.340. The Morgan fingerprint density at radius 2 is 1.78 bits per heavy atom. The SMILES string of the molecule is Nc1ncc(-c2cnn(C3CCN(CC4CCN(CCOC5CCNCC5)CC4)CC3)c2)nc1C(=O)O. The molecule has 3 aliphatic heterocycles. The summed E-state index contributed by atoms with van der Waals surface area (Å²) < 4.78 is 8.09. The number of carboxylic acids is 1. The van der Waals surface area contributed by atoms with Crippen molar-refractivity contribution in [3.05, 3.63) is 24.3 Å². The normalized spacial score (nSPS) is 21.4. The van der Waals surface area contributed by atoms with Crippen LogP contribution >= 0.6 is 0 Å². The zero-order valence-corrected chi connectivity index (χ0v) is 21.6. The van der Waals surface area contributed by atoms with Crippen molar-refractivity contribution < 1.29 is 14.6 Å². The number of hydrogen-bond donors (Lipinski definition) is 3. The molecule has 11 heteroatoms. The van der Waals surface area contributed by atoms with Crippen molar-refractivity contribution in [3.8, 4) is 11.3 Å². The molecule has 0 aliphatic carbocycles. The second-order valence-electron chi connectivity index (χ2n) is 10.6. The molecule has 2 aromatic rings. The smallest absolute Gasteiger partial charge is 0.358 e. The minimum Gasteiger partial charge on any atom is -0.476 e. The van der Waals surface area contributed by atoms with E-state index in [1.807, 2.05) is 10.9 Å². The number of rotatable bonds is 9. The predicted molar refractivity (Wildman–Crippen MR) is 140 cm³/mol. The third-order valence-electron chi connectivity index (χ3n) is 8.10. The fraction of sp³-hybridized carbons (Fsp3) is 0.692. The zero-order chi connectivity index (χ0) is 25.6. The van der Waals surface area contributed by atoms with Crippen molar-refractivity contribution in [1.29, 1.82) is 0 Å². The molecule has 5 rings (SSSR count).